The first kappa shape index (κ1) is 16.6. The molecular weight excluding hydrogens is 356 g/mol. The maximum Gasteiger partial charge on any atom is 0.275 e. The normalized spacial score (nSPS) is 14.5. The highest BCUT2D eigenvalue weighted by Crippen LogP contribution is 2.31. The van der Waals surface area contributed by atoms with Gasteiger partial charge in [-0.3, -0.25) is 20.0 Å². The molecule has 0 aliphatic carbocycles. The van der Waals surface area contributed by atoms with Gasteiger partial charge in [0.1, 0.15) is 5.69 Å². The lowest BCUT2D eigenvalue weighted by atomic mass is 10.0. The van der Waals surface area contributed by atoms with Crippen LogP contribution in [0.4, 0.5) is 0 Å². The van der Waals surface area contributed by atoms with Gasteiger partial charge in [0, 0.05) is 36.4 Å². The summed E-state index contributed by atoms with van der Waals surface area (Å²) in [7, 11) is 0. The smallest absolute Gasteiger partial charge is 0.275 e. The van der Waals surface area contributed by atoms with Crippen molar-refractivity contribution in [2.75, 3.05) is 26.3 Å². The number of H-pyrrole nitrogens is 2. The second kappa shape index (κ2) is 6.90. The highest BCUT2D eigenvalue weighted by Gasteiger charge is 2.23. The SMILES string of the molecule is O=C(c1n[nH]c2ccc(-c3c[nH]nc3-c3ccccn3)cc12)N1CCOCC1. The Bertz CT molecular complexity index is 1130. The highest BCUT2D eigenvalue weighted by atomic mass is 16.5. The molecule has 0 bridgehead atoms. The van der Waals surface area contributed by atoms with E-state index in [1.54, 1.807) is 11.1 Å². The van der Waals surface area contributed by atoms with Crippen molar-refractivity contribution in [2.24, 2.45) is 0 Å². The second-order valence-electron chi connectivity index (χ2n) is 6.60. The largest absolute Gasteiger partial charge is 0.378 e. The predicted molar refractivity (Wildman–Crippen MR) is 104 cm³/mol. The van der Waals surface area contributed by atoms with E-state index < -0.39 is 0 Å². The van der Waals surface area contributed by atoms with Crippen molar-refractivity contribution in [1.82, 2.24) is 30.3 Å². The lowest BCUT2D eigenvalue weighted by Crippen LogP contribution is -2.40. The lowest BCUT2D eigenvalue weighted by molar-refractivity contribution is 0.0300. The molecule has 4 aromatic rings. The number of amides is 1. The summed E-state index contributed by atoms with van der Waals surface area (Å²) in [5.74, 6) is -0.0798. The summed E-state index contributed by atoms with van der Waals surface area (Å²) >= 11 is 0. The third-order valence-corrected chi connectivity index (χ3v) is 4.92. The molecule has 8 heteroatoms. The number of morpholine rings is 1. The van der Waals surface area contributed by atoms with Crippen molar-refractivity contribution in [3.05, 3.63) is 54.5 Å². The van der Waals surface area contributed by atoms with Gasteiger partial charge in [0.25, 0.3) is 5.91 Å². The van der Waals surface area contributed by atoms with E-state index in [0.29, 0.717) is 32.0 Å². The van der Waals surface area contributed by atoms with Crippen LogP contribution in [0.1, 0.15) is 10.5 Å². The molecule has 28 heavy (non-hydrogen) atoms. The first-order chi connectivity index (χ1) is 13.8. The van der Waals surface area contributed by atoms with Gasteiger partial charge < -0.3 is 9.64 Å². The number of hydrogen-bond donors (Lipinski definition) is 2. The van der Waals surface area contributed by atoms with Crippen LogP contribution in [0.25, 0.3) is 33.4 Å². The van der Waals surface area contributed by atoms with E-state index in [1.165, 1.54) is 0 Å². The molecule has 0 saturated carbocycles. The van der Waals surface area contributed by atoms with Gasteiger partial charge in [-0.25, -0.2) is 0 Å². The number of aromatic nitrogens is 5. The number of hydrogen-bond acceptors (Lipinski definition) is 5. The zero-order chi connectivity index (χ0) is 18.9. The fraction of sp³-hybridized carbons (Fsp3) is 0.200. The summed E-state index contributed by atoms with van der Waals surface area (Å²) in [6, 6.07) is 11.6. The molecule has 0 spiro atoms. The van der Waals surface area contributed by atoms with E-state index >= 15 is 0 Å². The molecule has 8 nitrogen and oxygen atoms in total. The van der Waals surface area contributed by atoms with Crippen LogP contribution in [-0.2, 0) is 4.74 Å². The minimum absolute atomic E-state index is 0.0798. The van der Waals surface area contributed by atoms with E-state index in [4.69, 9.17) is 4.74 Å². The molecule has 0 atom stereocenters. The summed E-state index contributed by atoms with van der Waals surface area (Å²) in [4.78, 5) is 19.1. The van der Waals surface area contributed by atoms with Crippen molar-refractivity contribution in [3.63, 3.8) is 0 Å². The highest BCUT2D eigenvalue weighted by molar-refractivity contribution is 6.06. The minimum Gasteiger partial charge on any atom is -0.378 e. The van der Waals surface area contributed by atoms with Gasteiger partial charge in [0.2, 0.25) is 0 Å². The summed E-state index contributed by atoms with van der Waals surface area (Å²) in [6.07, 6.45) is 3.58. The van der Waals surface area contributed by atoms with Gasteiger partial charge in [-0.15, -0.1) is 0 Å². The molecule has 1 aliphatic rings. The van der Waals surface area contributed by atoms with Crippen LogP contribution in [0.2, 0.25) is 0 Å². The molecule has 1 aliphatic heterocycles. The number of carbonyl (C=O) groups excluding carboxylic acids is 1. The number of pyridine rings is 1. The number of nitrogens with zero attached hydrogens (tertiary/aromatic N) is 4. The summed E-state index contributed by atoms with van der Waals surface area (Å²) in [5.41, 5.74) is 4.68. The average Bonchev–Trinajstić information content (AvgIpc) is 3.41. The van der Waals surface area contributed by atoms with Crippen LogP contribution < -0.4 is 0 Å². The van der Waals surface area contributed by atoms with E-state index in [2.05, 4.69) is 25.4 Å². The maximum atomic E-state index is 12.9. The number of aromatic amines is 2. The second-order valence-corrected chi connectivity index (χ2v) is 6.60. The molecule has 1 saturated heterocycles. The van der Waals surface area contributed by atoms with Crippen LogP contribution in [0.5, 0.6) is 0 Å². The lowest BCUT2D eigenvalue weighted by Gasteiger charge is -2.26. The molecule has 1 aromatic carbocycles. The summed E-state index contributed by atoms with van der Waals surface area (Å²) < 4.78 is 5.34. The molecule has 2 N–H and O–H groups in total. The Hall–Kier alpha value is -3.52. The standard InChI is InChI=1S/C20H18N6O2/c27-20(26-7-9-28-10-8-26)19-14-11-13(4-5-16(14)23-25-19)15-12-22-24-18(15)17-3-1-2-6-21-17/h1-6,11-12H,7-10H2,(H,22,24)(H,23,25). The molecule has 4 heterocycles. The predicted octanol–water partition coefficient (Wildman–Crippen LogP) is 2.49. The third-order valence-electron chi connectivity index (χ3n) is 4.92. The van der Waals surface area contributed by atoms with Crippen LogP contribution >= 0.6 is 0 Å². The average molecular weight is 374 g/mol. The Morgan fingerprint density at radius 2 is 2.00 bits per heavy atom. The van der Waals surface area contributed by atoms with Crippen molar-refractivity contribution in [1.29, 1.82) is 0 Å². The van der Waals surface area contributed by atoms with E-state index in [0.717, 1.165) is 33.4 Å². The van der Waals surface area contributed by atoms with E-state index in [-0.39, 0.29) is 5.91 Å². The van der Waals surface area contributed by atoms with Gasteiger partial charge in [0.15, 0.2) is 5.69 Å². The zero-order valence-corrected chi connectivity index (χ0v) is 15.1. The molecule has 5 rings (SSSR count). The first-order valence-corrected chi connectivity index (χ1v) is 9.12. The van der Waals surface area contributed by atoms with E-state index in [1.807, 2.05) is 42.6 Å². The maximum absolute atomic E-state index is 12.9. The fourth-order valence-electron chi connectivity index (χ4n) is 3.47. The van der Waals surface area contributed by atoms with Gasteiger partial charge in [-0.2, -0.15) is 10.2 Å². The minimum atomic E-state index is -0.0798. The van der Waals surface area contributed by atoms with Crippen LogP contribution in [0.15, 0.2) is 48.8 Å². The van der Waals surface area contributed by atoms with Crippen LogP contribution in [-0.4, -0.2) is 62.5 Å². The Kier molecular flexibility index (Phi) is 4.10. The molecule has 0 radical (unpaired) electrons. The molecule has 1 amide bonds. The van der Waals surface area contributed by atoms with Gasteiger partial charge >= 0.3 is 0 Å². The Labute approximate surface area is 160 Å². The van der Waals surface area contributed by atoms with Gasteiger partial charge in [-0.05, 0) is 29.8 Å². The van der Waals surface area contributed by atoms with E-state index in [9.17, 15) is 4.79 Å². The number of benzene rings is 1. The van der Waals surface area contributed by atoms with Crippen molar-refractivity contribution in [2.45, 2.75) is 0 Å². The van der Waals surface area contributed by atoms with Crippen molar-refractivity contribution < 1.29 is 9.53 Å². The number of ether oxygens (including phenoxy) is 1. The summed E-state index contributed by atoms with van der Waals surface area (Å²) in [6.45, 7) is 2.28. The zero-order valence-electron chi connectivity index (χ0n) is 15.1. The molecule has 0 unspecified atom stereocenters. The Morgan fingerprint density at radius 3 is 2.82 bits per heavy atom. The molecule has 140 valence electrons. The molecule has 1 fully saturated rings. The quantitative estimate of drug-likeness (QED) is 0.574. The Balaban J connectivity index is 1.56. The van der Waals surface area contributed by atoms with Crippen LogP contribution in [0.3, 0.4) is 0 Å². The third kappa shape index (κ3) is 2.84. The van der Waals surface area contributed by atoms with Crippen molar-refractivity contribution >= 4 is 16.8 Å². The number of carbonyl (C=O) groups is 1. The first-order valence-electron chi connectivity index (χ1n) is 9.12. The number of nitrogens with one attached hydrogen (secondary N) is 2. The summed E-state index contributed by atoms with van der Waals surface area (Å²) in [5, 5.41) is 15.3. The van der Waals surface area contributed by atoms with Gasteiger partial charge in [-0.1, -0.05) is 12.1 Å². The molecular formula is C20H18N6O2. The Morgan fingerprint density at radius 1 is 1.11 bits per heavy atom. The van der Waals surface area contributed by atoms with Crippen molar-refractivity contribution in [3.8, 4) is 22.5 Å². The number of fused-ring (bicyclic) bond motifs is 1. The van der Waals surface area contributed by atoms with Gasteiger partial charge in [0.05, 0.1) is 24.4 Å². The van der Waals surface area contributed by atoms with Crippen LogP contribution in [0, 0.1) is 0 Å². The molecule has 3 aromatic heterocycles. The monoisotopic (exact) mass is 374 g/mol. The fourth-order valence-corrected chi connectivity index (χ4v) is 3.47. The number of rotatable bonds is 3. The topological polar surface area (TPSA) is 99.8 Å².